The topological polar surface area (TPSA) is 848 Å². The minimum Gasteiger partial charge on any atom is -0.744 e. The number of carbonyl (C=O) groups excluding carboxylic acids is 4. The Balaban J connectivity index is 0.000000278. The van der Waals surface area contributed by atoms with E-state index in [1.54, 1.807) is 45.6 Å². The lowest BCUT2D eigenvalue weighted by Gasteiger charge is -2.22. The first-order chi connectivity index (χ1) is 68.5. The van der Waals surface area contributed by atoms with Crippen LogP contribution in [0.15, 0.2) is 136 Å². The molecule has 10 heterocycles. The van der Waals surface area contributed by atoms with Crippen LogP contribution in [-0.2, 0) is 130 Å². The SMILES string of the molecule is CCN(CC)c1ccc2cc(/C=C/c3ccc(S(=O)(=O)[O-])c[n+]3CCCCCC(=O)NCCNC(=O)O[C@@H]3[C@H](O)[C@@H](COP(=O)(O)OP(=O)(O)OP(O)(O)=S)O[C@H]3n3cnc4c(=O)[nH]c(N)nc43)c(=O)oc2c1.CCN(CC)c1ccc2cc(/C=C/c3ccc(S(=O)(=O)[O-])c[n+]3CCCCCC(=O)NCCNC(=O)O[C@H]3[C@@H](O)[C@H](n4cnc5c(=O)[nH]c(N)nc54)O[C@@H]3COP(=O)(O)OP(=O)(O)OP(O)(O)=S)c(=O)oc2c1. The van der Waals surface area contributed by atoms with Gasteiger partial charge in [-0.3, -0.25) is 47.3 Å². The number of aliphatic hydroxyl groups is 2. The average Bonchev–Trinajstić information content (AvgIpc) is 1.61. The first-order valence-corrected chi connectivity index (χ1v) is 57.7. The minimum absolute atomic E-state index is 0.0426. The molecule has 58 nitrogen and oxygen atoms in total. The van der Waals surface area contributed by atoms with E-state index < -0.39 is 183 Å². The fourth-order valence-electron chi connectivity index (χ4n) is 14.8. The van der Waals surface area contributed by atoms with Gasteiger partial charge in [0.25, 0.3) is 11.1 Å². The zero-order valence-electron chi connectivity index (χ0n) is 77.0. The summed E-state index contributed by atoms with van der Waals surface area (Å²) in [5.74, 6) is -1.51. The third-order valence-electron chi connectivity index (χ3n) is 21.5. The highest BCUT2D eigenvalue weighted by Gasteiger charge is 2.52. The smallest absolute Gasteiger partial charge is 0.488 e. The highest BCUT2D eigenvalue weighted by atomic mass is 32.5. The van der Waals surface area contributed by atoms with E-state index in [4.69, 9.17) is 63.3 Å². The summed E-state index contributed by atoms with van der Waals surface area (Å²) in [5, 5.41) is 33.8. The number of phosphoric acid groups is 4. The number of hydrogen-bond donors (Lipinski definition) is 18. The third kappa shape index (κ3) is 32.7. The third-order valence-corrected chi connectivity index (χ3v) is 31.9. The Labute approximate surface area is 835 Å². The maximum absolute atomic E-state index is 13.0. The number of fused-ring (bicyclic) bond motifs is 4. The van der Waals surface area contributed by atoms with Crippen LogP contribution in [0.5, 0.6) is 0 Å². The zero-order valence-corrected chi connectivity index (χ0v) is 85.6. The van der Waals surface area contributed by atoms with Crippen molar-refractivity contribution in [2.75, 3.05) is 86.8 Å². The van der Waals surface area contributed by atoms with Crippen LogP contribution >= 0.6 is 44.7 Å². The fourth-order valence-corrected chi connectivity index (χ4v) is 23.4. The van der Waals surface area contributed by atoms with Crippen molar-refractivity contribution in [2.45, 2.75) is 151 Å². The van der Waals surface area contributed by atoms with Gasteiger partial charge in [0.15, 0.2) is 59.4 Å². The van der Waals surface area contributed by atoms with E-state index in [1.807, 2.05) is 52.0 Å². The van der Waals surface area contributed by atoms with Gasteiger partial charge in [-0.2, -0.15) is 27.7 Å². The molecule has 8 aromatic heterocycles. The number of carbonyl (C=O) groups is 4. The summed E-state index contributed by atoms with van der Waals surface area (Å²) in [6.45, 7) is -1.03. The molecule has 4 amide bonds. The Morgan fingerprint density at radius 2 is 0.904 bits per heavy atom. The van der Waals surface area contributed by atoms with E-state index in [-0.39, 0.29) is 97.5 Å². The second kappa shape index (κ2) is 49.6. The van der Waals surface area contributed by atoms with Crippen LogP contribution in [0.3, 0.4) is 0 Å². The molecule has 2 saturated heterocycles. The van der Waals surface area contributed by atoms with Gasteiger partial charge in [0.2, 0.25) is 35.1 Å². The van der Waals surface area contributed by atoms with Gasteiger partial charge in [-0.05, 0) is 138 Å². The van der Waals surface area contributed by atoms with Crippen molar-refractivity contribution in [1.82, 2.24) is 60.3 Å². The van der Waals surface area contributed by atoms with E-state index in [0.29, 0.717) is 71.9 Å². The van der Waals surface area contributed by atoms with Crippen LogP contribution in [0.4, 0.5) is 32.9 Å². The van der Waals surface area contributed by atoms with Gasteiger partial charge in [-0.25, -0.2) is 72.9 Å². The number of imidazole rings is 2. The molecule has 68 heteroatoms. The number of hydrogen-bond acceptors (Lipinski definition) is 42. The molecule has 20 N–H and O–H groups in total. The summed E-state index contributed by atoms with van der Waals surface area (Å²) < 4.78 is 184. The molecule has 0 saturated carbocycles. The Morgan fingerprint density at radius 3 is 1.31 bits per heavy atom. The molecule has 146 heavy (non-hydrogen) atoms. The number of alkyl carbamates (subject to hydrolysis) is 2. The zero-order chi connectivity index (χ0) is 107. The van der Waals surface area contributed by atoms with Crippen molar-refractivity contribution in [3.63, 3.8) is 0 Å². The highest BCUT2D eigenvalue weighted by Crippen LogP contribution is 2.68. The number of unbranched alkanes of at least 4 members (excludes halogenated alkanes) is 4. The Morgan fingerprint density at radius 1 is 0.514 bits per heavy atom. The number of nitrogen functional groups attached to an aromatic ring is 2. The summed E-state index contributed by atoms with van der Waals surface area (Å²) in [5.41, 5.74) is 11.8. The van der Waals surface area contributed by atoms with E-state index in [1.165, 1.54) is 36.7 Å². The number of aromatic nitrogens is 10. The van der Waals surface area contributed by atoms with Crippen LogP contribution in [-0.4, -0.2) is 241 Å². The summed E-state index contributed by atoms with van der Waals surface area (Å²) in [4.78, 5) is 201. The largest absolute Gasteiger partial charge is 0.744 e. The Kier molecular flexibility index (Phi) is 39.3. The number of rotatable bonds is 48. The van der Waals surface area contributed by atoms with Crippen molar-refractivity contribution in [2.24, 2.45) is 0 Å². The molecule has 2 aliphatic rings. The van der Waals surface area contributed by atoms with Crippen LogP contribution in [0.1, 0.15) is 114 Å². The van der Waals surface area contributed by atoms with Crippen molar-refractivity contribution >= 4 is 204 Å². The average molecular weight is 2240 g/mol. The quantitative estimate of drug-likeness (QED) is 0.00856. The van der Waals surface area contributed by atoms with Gasteiger partial charge >= 0.3 is 68.2 Å². The molecule has 2 fully saturated rings. The van der Waals surface area contributed by atoms with Crippen molar-refractivity contribution in [3.8, 4) is 0 Å². The number of anilines is 4. The number of amides is 4. The van der Waals surface area contributed by atoms with Gasteiger partial charge in [-0.15, -0.1) is 0 Å². The molecule has 0 radical (unpaired) electrons. The molecule has 0 aliphatic carbocycles. The molecular formula is C78H100N18O40P6S4. The van der Waals surface area contributed by atoms with Crippen LogP contribution in [0.2, 0.25) is 0 Å². The molecular weight excluding hydrogens is 2140 g/mol. The van der Waals surface area contributed by atoms with Gasteiger partial charge < -0.3 is 129 Å². The predicted octanol–water partition coefficient (Wildman–Crippen LogP) is 2.41. The number of H-pyrrole nitrogens is 2. The number of nitrogens with zero attached hydrogens (tertiary/aromatic N) is 10. The normalized spacial score (nSPS) is 19.0. The van der Waals surface area contributed by atoms with Crippen molar-refractivity contribution in [1.29, 1.82) is 0 Å². The number of nitrogens with two attached hydrogens (primary N) is 2. The molecule has 12 rings (SSSR count). The number of benzene rings is 2. The Hall–Kier alpha value is -10.7. The standard InChI is InChI=1S/2C39H50N9O20P3S2/c1-3-46(4-2)26-12-9-23-18-24(37(52)65-28(23)19-26)10-11-25-13-14-27(73(60,61)62)20-47(25)17-7-5-6-8-30(49)41-15-16-42-39(53)66-33-29(21-63-69(54,55)67-70(56,57)68-71(58,59)72)64-36(32(33)50)48-22-43-31-34(48)44-38(40)45-35(31)51;1-3-46(4-2)26-12-9-23-18-24(37(52)65-28(23)19-26)10-11-25-13-14-27(73(60,61)62)20-47(25)17-7-5-6-8-30(49)41-15-16-42-39(53)66-33-32(50)29(21-63-69(54,55)67-70(56,57)68-71(58,59)72)64-36(33)48-22-43-31-34(48)44-38(40)45-35(31)51/h2*9-14,18-20,22,29,32-33,36,50H,3-8,15-17,21H2,1-2H3,(H9-,40,41,42,44,45,49,51,53,54,55,56,57,58,59,60,61,62,72)/t2*29-,32-,33-,36-/m11/s1. The van der Waals surface area contributed by atoms with E-state index >= 15 is 0 Å². The monoisotopic (exact) mass is 2240 g/mol. The number of pyridine rings is 2. The molecule has 2 aromatic carbocycles. The van der Waals surface area contributed by atoms with Crippen molar-refractivity contribution in [3.05, 3.63) is 162 Å². The number of aliphatic hydroxyl groups excluding tert-OH is 2. The first kappa shape index (κ1) is 116. The first-order valence-electron chi connectivity index (χ1n) is 43.6. The van der Waals surface area contributed by atoms with E-state index in [9.17, 15) is 112 Å². The Bertz CT molecular complexity index is 7370. The number of nitrogens with one attached hydrogen (secondary N) is 6. The maximum atomic E-state index is 13.0. The van der Waals surface area contributed by atoms with Crippen molar-refractivity contribution < 1.29 is 176 Å². The molecule has 2 aliphatic heterocycles. The molecule has 0 bridgehead atoms. The van der Waals surface area contributed by atoms with E-state index in [0.717, 1.165) is 71.5 Å². The number of ether oxygens (including phenoxy) is 4. The summed E-state index contributed by atoms with van der Waals surface area (Å²) in [6.07, 6.45) is -2.87. The summed E-state index contributed by atoms with van der Waals surface area (Å²) in [7, 11) is -32.3. The molecule has 10 aromatic rings. The minimum atomic E-state index is -5.72. The second-order valence-corrected chi connectivity index (χ2v) is 46.1. The fraction of sp³-hybridized carbons (Fsp3) is 0.410. The summed E-state index contributed by atoms with van der Waals surface area (Å²) in [6, 6.07) is 19.7. The van der Waals surface area contributed by atoms with Crippen LogP contribution in [0, 0.1) is 0 Å². The van der Waals surface area contributed by atoms with Gasteiger partial charge in [0.1, 0.15) is 78.7 Å². The predicted molar refractivity (Wildman–Crippen MR) is 517 cm³/mol. The van der Waals surface area contributed by atoms with E-state index in [2.05, 4.69) is 106 Å². The van der Waals surface area contributed by atoms with Crippen LogP contribution < -0.4 is 74.0 Å². The lowest BCUT2D eigenvalue weighted by molar-refractivity contribution is -0.701. The highest BCUT2D eigenvalue weighted by molar-refractivity contribution is 8.08. The second-order valence-electron chi connectivity index (χ2n) is 31.7. The number of aromatic amines is 2. The van der Waals surface area contributed by atoms with Gasteiger partial charge in [0, 0.05) is 137 Å². The maximum Gasteiger partial charge on any atom is 0.488 e. The number of phosphoric ester groups is 2. The summed E-state index contributed by atoms with van der Waals surface area (Å²) >= 11 is 8.12. The van der Waals surface area contributed by atoms with Gasteiger partial charge in [0.05, 0.1) is 37.0 Å². The molecule has 796 valence electrons. The number of aryl methyl sites for hydroxylation is 2. The van der Waals surface area contributed by atoms with Gasteiger partial charge in [-0.1, -0.05) is 0 Å². The molecule has 12 atom stereocenters. The lowest BCUT2D eigenvalue weighted by Crippen LogP contribution is -2.42. The molecule has 4 unspecified atom stereocenters. The lowest BCUT2D eigenvalue weighted by atomic mass is 10.1. The molecule has 0 spiro atoms. The van der Waals surface area contributed by atoms with Crippen LogP contribution in [0.25, 0.3) is 68.6 Å².